The van der Waals surface area contributed by atoms with Gasteiger partial charge in [-0.15, -0.1) is 0 Å². The maximum atomic E-state index is 5.22. The van der Waals surface area contributed by atoms with Gasteiger partial charge < -0.3 is 0 Å². The third kappa shape index (κ3) is 5.02. The zero-order valence-electron chi connectivity index (χ0n) is 28.2. The zero-order chi connectivity index (χ0) is 34.4. The van der Waals surface area contributed by atoms with Crippen LogP contribution in [-0.2, 0) is 0 Å². The molecule has 0 saturated heterocycles. The molecule has 52 heavy (non-hydrogen) atoms. The number of fused-ring (bicyclic) bond motifs is 4. The molecule has 9 aromatic carbocycles. The Labute approximate surface area is 301 Å². The lowest BCUT2D eigenvalue weighted by Crippen LogP contribution is -2.01. The van der Waals surface area contributed by atoms with E-state index in [2.05, 4.69) is 188 Å². The first-order chi connectivity index (χ1) is 25.8. The first-order valence-electron chi connectivity index (χ1n) is 17.6. The van der Waals surface area contributed by atoms with Gasteiger partial charge in [-0.05, 0) is 71.4 Å². The molecular weight excluding hydrogens is 631 g/mol. The fraction of sp³-hybridized carbons (Fsp3) is 0. The molecule has 0 spiro atoms. The van der Waals surface area contributed by atoms with E-state index in [-0.39, 0.29) is 0 Å². The van der Waals surface area contributed by atoms with Gasteiger partial charge in [0.2, 0.25) is 0 Å². The lowest BCUT2D eigenvalue weighted by atomic mass is 9.86. The van der Waals surface area contributed by atoms with Crippen LogP contribution in [0.1, 0.15) is 0 Å². The van der Waals surface area contributed by atoms with Gasteiger partial charge in [0.25, 0.3) is 0 Å². The van der Waals surface area contributed by atoms with Gasteiger partial charge in [0.15, 0.2) is 17.5 Å². The van der Waals surface area contributed by atoms with Crippen molar-refractivity contribution in [1.29, 1.82) is 0 Å². The second kappa shape index (κ2) is 12.4. The van der Waals surface area contributed by atoms with Crippen LogP contribution in [0.4, 0.5) is 0 Å². The molecule has 0 fully saturated rings. The summed E-state index contributed by atoms with van der Waals surface area (Å²) < 4.78 is 0. The summed E-state index contributed by atoms with van der Waals surface area (Å²) in [5.74, 6) is 1.94. The average Bonchev–Trinajstić information content (AvgIpc) is 3.22. The Morgan fingerprint density at radius 1 is 0.250 bits per heavy atom. The molecule has 0 atom stereocenters. The maximum Gasteiger partial charge on any atom is 0.164 e. The van der Waals surface area contributed by atoms with Crippen LogP contribution in [0.3, 0.4) is 0 Å². The molecule has 0 aliphatic rings. The molecule has 0 saturated carbocycles. The molecule has 1 aromatic heterocycles. The van der Waals surface area contributed by atoms with Crippen molar-refractivity contribution in [2.75, 3.05) is 0 Å². The lowest BCUT2D eigenvalue weighted by molar-refractivity contribution is 1.08. The van der Waals surface area contributed by atoms with Crippen LogP contribution < -0.4 is 0 Å². The first-order valence-corrected chi connectivity index (χ1v) is 17.6. The van der Waals surface area contributed by atoms with Crippen LogP contribution in [-0.4, -0.2) is 15.0 Å². The summed E-state index contributed by atoms with van der Waals surface area (Å²) in [5, 5.41) is 9.38. The molecule has 3 nitrogen and oxygen atoms in total. The predicted molar refractivity (Wildman–Crippen MR) is 217 cm³/mol. The van der Waals surface area contributed by atoms with E-state index in [1.54, 1.807) is 0 Å². The largest absolute Gasteiger partial charge is 0.208 e. The number of benzene rings is 9. The molecule has 242 valence electrons. The minimum absolute atomic E-state index is 0.636. The van der Waals surface area contributed by atoms with Crippen LogP contribution in [0.5, 0.6) is 0 Å². The quantitative estimate of drug-likeness (QED) is 0.172. The van der Waals surface area contributed by atoms with Gasteiger partial charge in [-0.25, -0.2) is 15.0 Å². The van der Waals surface area contributed by atoms with Gasteiger partial charge in [-0.3, -0.25) is 0 Å². The summed E-state index contributed by atoms with van der Waals surface area (Å²) in [6.45, 7) is 0. The van der Waals surface area contributed by atoms with Crippen molar-refractivity contribution in [2.24, 2.45) is 0 Å². The van der Waals surface area contributed by atoms with E-state index in [1.807, 2.05) is 0 Å². The van der Waals surface area contributed by atoms with Crippen molar-refractivity contribution >= 4 is 43.1 Å². The Hall–Kier alpha value is -6.97. The third-order valence-electron chi connectivity index (χ3n) is 10.1. The van der Waals surface area contributed by atoms with E-state index in [1.165, 1.54) is 38.2 Å². The highest BCUT2D eigenvalue weighted by Gasteiger charge is 2.19. The highest BCUT2D eigenvalue weighted by molar-refractivity contribution is 6.21. The monoisotopic (exact) mass is 661 g/mol. The van der Waals surface area contributed by atoms with E-state index in [4.69, 9.17) is 15.0 Å². The fourth-order valence-corrected chi connectivity index (χ4v) is 7.76. The summed E-state index contributed by atoms with van der Waals surface area (Å²) in [6, 6.07) is 66.4. The summed E-state index contributed by atoms with van der Waals surface area (Å²) in [5.41, 5.74) is 7.67. The Morgan fingerprint density at radius 3 is 1.15 bits per heavy atom. The number of hydrogen-bond donors (Lipinski definition) is 0. The molecule has 0 bridgehead atoms. The van der Waals surface area contributed by atoms with Crippen LogP contribution in [0.2, 0.25) is 0 Å². The molecule has 0 amide bonds. The number of rotatable bonds is 5. The van der Waals surface area contributed by atoms with E-state index in [0.29, 0.717) is 17.5 Å². The fourth-order valence-electron chi connectivity index (χ4n) is 7.76. The maximum absolute atomic E-state index is 5.22. The van der Waals surface area contributed by atoms with Crippen molar-refractivity contribution in [1.82, 2.24) is 15.0 Å². The second-order valence-electron chi connectivity index (χ2n) is 13.1. The van der Waals surface area contributed by atoms with Gasteiger partial charge in [0.1, 0.15) is 0 Å². The second-order valence-corrected chi connectivity index (χ2v) is 13.1. The minimum atomic E-state index is 0.636. The smallest absolute Gasteiger partial charge is 0.164 e. The van der Waals surface area contributed by atoms with Crippen molar-refractivity contribution in [3.8, 4) is 56.4 Å². The van der Waals surface area contributed by atoms with Crippen molar-refractivity contribution in [2.45, 2.75) is 0 Å². The molecule has 10 rings (SSSR count). The summed E-state index contributed by atoms with van der Waals surface area (Å²) in [4.78, 5) is 15.6. The van der Waals surface area contributed by atoms with Gasteiger partial charge in [0.05, 0.1) is 0 Å². The first kappa shape index (κ1) is 29.9. The van der Waals surface area contributed by atoms with E-state index in [9.17, 15) is 0 Å². The molecule has 0 N–H and O–H groups in total. The zero-order valence-corrected chi connectivity index (χ0v) is 28.2. The summed E-state index contributed by atoms with van der Waals surface area (Å²) in [6.07, 6.45) is 0. The summed E-state index contributed by atoms with van der Waals surface area (Å²) in [7, 11) is 0. The summed E-state index contributed by atoms with van der Waals surface area (Å²) >= 11 is 0. The molecule has 0 unspecified atom stereocenters. The van der Waals surface area contributed by atoms with Crippen LogP contribution in [0.15, 0.2) is 188 Å². The molecule has 10 aromatic rings. The van der Waals surface area contributed by atoms with Crippen molar-refractivity contribution < 1.29 is 0 Å². The predicted octanol–water partition coefficient (Wildman–Crippen LogP) is 12.8. The number of aromatic nitrogens is 3. The van der Waals surface area contributed by atoms with Gasteiger partial charge in [-0.1, -0.05) is 182 Å². The van der Waals surface area contributed by atoms with Gasteiger partial charge >= 0.3 is 0 Å². The molecule has 0 aliphatic carbocycles. The molecular formula is C49H31N3. The van der Waals surface area contributed by atoms with Crippen LogP contribution >= 0.6 is 0 Å². The molecule has 1 heterocycles. The van der Waals surface area contributed by atoms with Gasteiger partial charge in [0, 0.05) is 16.7 Å². The van der Waals surface area contributed by atoms with Crippen molar-refractivity contribution in [3.63, 3.8) is 0 Å². The Kier molecular flexibility index (Phi) is 7.14. The SMILES string of the molecule is c1ccc(-c2c3ccccc3c(-c3cccc(-c4nc(-c5cccc6ccccc56)nc(-c5cccc6ccccc56)n4)c3)c3ccccc23)cc1. The minimum Gasteiger partial charge on any atom is -0.208 e. The van der Waals surface area contributed by atoms with E-state index < -0.39 is 0 Å². The topological polar surface area (TPSA) is 38.7 Å². The normalized spacial score (nSPS) is 11.5. The highest BCUT2D eigenvalue weighted by Crippen LogP contribution is 2.44. The van der Waals surface area contributed by atoms with Gasteiger partial charge in [-0.2, -0.15) is 0 Å². The Balaban J connectivity index is 1.22. The number of nitrogens with zero attached hydrogens (tertiary/aromatic N) is 3. The molecule has 0 aliphatic heterocycles. The molecule has 0 radical (unpaired) electrons. The highest BCUT2D eigenvalue weighted by atomic mass is 15.0. The standard InChI is InChI=1S/C49H31N3/c1-2-17-34(18-3-1)45-39-25-8-10-27-41(39)46(42-28-11-9-26-40(42)45)35-21-12-22-36(31-35)47-50-48(43-29-13-19-32-15-4-6-23-37(32)43)52-49(51-47)44-30-14-20-33-16-5-7-24-38(33)44/h1-31H. The third-order valence-corrected chi connectivity index (χ3v) is 10.1. The number of hydrogen-bond acceptors (Lipinski definition) is 3. The van der Waals surface area contributed by atoms with Crippen LogP contribution in [0, 0.1) is 0 Å². The lowest BCUT2D eigenvalue weighted by Gasteiger charge is -2.18. The average molecular weight is 662 g/mol. The van der Waals surface area contributed by atoms with E-state index >= 15 is 0 Å². The molecule has 3 heteroatoms. The van der Waals surface area contributed by atoms with Crippen molar-refractivity contribution in [3.05, 3.63) is 188 Å². The van der Waals surface area contributed by atoms with E-state index in [0.717, 1.165) is 43.8 Å². The Morgan fingerprint density at radius 2 is 0.615 bits per heavy atom. The van der Waals surface area contributed by atoms with Crippen LogP contribution in [0.25, 0.3) is 99.5 Å². The Bertz CT molecular complexity index is 2800.